The molecule has 0 radical (unpaired) electrons. The molecule has 0 N–H and O–H groups in total. The molecule has 0 unspecified atom stereocenters. The van der Waals surface area contributed by atoms with Crippen LogP contribution in [0.15, 0.2) is 18.2 Å². The number of rotatable bonds is 6. The third-order valence-electron chi connectivity index (χ3n) is 3.87. The summed E-state index contributed by atoms with van der Waals surface area (Å²) in [5.74, 6) is -0.794. The fraction of sp³-hybridized carbons (Fsp3) is 0.471. The van der Waals surface area contributed by atoms with Gasteiger partial charge in [0.1, 0.15) is 12.6 Å². The first-order valence-corrected chi connectivity index (χ1v) is 7.88. The molecule has 0 saturated heterocycles. The van der Waals surface area contributed by atoms with Gasteiger partial charge in [-0.2, -0.15) is 36.9 Å². The number of carbonyl (C=O) groups is 1. The van der Waals surface area contributed by atoms with Crippen LogP contribution in [0.1, 0.15) is 24.5 Å². The third kappa shape index (κ3) is 6.05. The van der Waals surface area contributed by atoms with E-state index in [0.717, 1.165) is 24.0 Å². The largest absolute Gasteiger partial charge is 0.417 e. The quantitative estimate of drug-likeness (QED) is 0.676. The van der Waals surface area contributed by atoms with Crippen LogP contribution in [-0.2, 0) is 11.0 Å². The van der Waals surface area contributed by atoms with E-state index in [1.54, 1.807) is 6.07 Å². The second-order valence-corrected chi connectivity index (χ2v) is 5.93. The fourth-order valence-electron chi connectivity index (χ4n) is 2.47. The highest BCUT2D eigenvalue weighted by Crippen LogP contribution is 2.35. The van der Waals surface area contributed by atoms with Crippen molar-refractivity contribution in [2.24, 2.45) is 0 Å². The zero-order valence-electron chi connectivity index (χ0n) is 14.9. The van der Waals surface area contributed by atoms with Crippen LogP contribution in [0.4, 0.5) is 32.0 Å². The predicted molar refractivity (Wildman–Crippen MR) is 86.9 cm³/mol. The van der Waals surface area contributed by atoms with E-state index in [0.29, 0.717) is 11.0 Å². The Bertz CT molecular complexity index is 791. The van der Waals surface area contributed by atoms with Gasteiger partial charge in [0.25, 0.3) is 0 Å². The molecule has 1 amide bonds. The van der Waals surface area contributed by atoms with Gasteiger partial charge < -0.3 is 9.80 Å². The van der Waals surface area contributed by atoms with Gasteiger partial charge in [-0.3, -0.25) is 4.79 Å². The first kappa shape index (κ1) is 23.1. The Kier molecular flexibility index (Phi) is 7.28. The van der Waals surface area contributed by atoms with Crippen molar-refractivity contribution in [3.63, 3.8) is 0 Å². The van der Waals surface area contributed by atoms with Gasteiger partial charge in [-0.15, -0.1) is 0 Å². The lowest BCUT2D eigenvalue weighted by Crippen LogP contribution is -2.49. The van der Waals surface area contributed by atoms with Crippen molar-refractivity contribution in [1.29, 1.82) is 10.5 Å². The summed E-state index contributed by atoms with van der Waals surface area (Å²) in [5, 5.41) is 17.4. The van der Waals surface area contributed by atoms with Crippen LogP contribution in [0.25, 0.3) is 0 Å². The summed E-state index contributed by atoms with van der Waals surface area (Å²) in [6.07, 6.45) is -9.81. The van der Waals surface area contributed by atoms with E-state index in [-0.39, 0.29) is 13.0 Å². The number of anilines is 1. The summed E-state index contributed by atoms with van der Waals surface area (Å²) >= 11 is 0. The van der Waals surface area contributed by atoms with Gasteiger partial charge in [0.2, 0.25) is 5.91 Å². The summed E-state index contributed by atoms with van der Waals surface area (Å²) < 4.78 is 78.5. The molecule has 0 bridgehead atoms. The minimum absolute atomic E-state index is 0.0410. The maximum atomic E-state index is 13.1. The fourth-order valence-corrected chi connectivity index (χ4v) is 2.47. The van der Waals surface area contributed by atoms with Crippen LogP contribution in [0, 0.1) is 22.7 Å². The Morgan fingerprint density at radius 2 is 1.79 bits per heavy atom. The van der Waals surface area contributed by atoms with Crippen LogP contribution in [0.5, 0.6) is 0 Å². The molecule has 0 aliphatic carbocycles. The Morgan fingerprint density at radius 3 is 2.25 bits per heavy atom. The van der Waals surface area contributed by atoms with Crippen molar-refractivity contribution in [2.45, 2.75) is 31.7 Å². The minimum atomic E-state index is -4.96. The number of alkyl halides is 6. The monoisotopic (exact) mass is 406 g/mol. The van der Waals surface area contributed by atoms with Crippen molar-refractivity contribution in [3.05, 3.63) is 29.3 Å². The lowest BCUT2D eigenvalue weighted by molar-refractivity contribution is -0.137. The molecule has 0 aliphatic rings. The molecule has 1 atom stereocenters. The van der Waals surface area contributed by atoms with Crippen LogP contribution >= 0.6 is 0 Å². The molecule has 5 nitrogen and oxygen atoms in total. The molecule has 11 heteroatoms. The maximum Gasteiger partial charge on any atom is 0.417 e. The first-order valence-electron chi connectivity index (χ1n) is 7.88. The van der Waals surface area contributed by atoms with Gasteiger partial charge in [-0.25, -0.2) is 0 Å². The van der Waals surface area contributed by atoms with E-state index in [1.807, 2.05) is 0 Å². The average molecular weight is 406 g/mol. The van der Waals surface area contributed by atoms with Gasteiger partial charge in [-0.1, -0.05) is 0 Å². The highest BCUT2D eigenvalue weighted by Gasteiger charge is 2.38. The molecule has 1 aromatic carbocycles. The standard InChI is InChI=1S/C17H16F6N4O/c1-11(15(28)26(2)7-3-6-24)27(10-16(18,19)20)13-5-4-12(9-25)14(8-13)17(21,22)23/h4-5,8,11H,3,7,10H2,1-2H3/t11-/m0/s1. The molecule has 0 saturated carbocycles. The van der Waals surface area contributed by atoms with Crippen molar-refractivity contribution >= 4 is 11.6 Å². The normalized spacial score (nSPS) is 12.6. The molecule has 0 aromatic heterocycles. The smallest absolute Gasteiger partial charge is 0.351 e. The van der Waals surface area contributed by atoms with Crippen molar-refractivity contribution < 1.29 is 31.1 Å². The number of nitriles is 2. The van der Waals surface area contributed by atoms with Gasteiger partial charge in [0, 0.05) is 19.3 Å². The van der Waals surface area contributed by atoms with E-state index in [1.165, 1.54) is 13.1 Å². The van der Waals surface area contributed by atoms with Crippen LogP contribution in [-0.4, -0.2) is 43.2 Å². The van der Waals surface area contributed by atoms with Crippen LogP contribution < -0.4 is 4.90 Å². The zero-order chi connectivity index (χ0) is 21.7. The number of likely N-dealkylation sites (N-methyl/N-ethyl adjacent to an activating group) is 1. The summed E-state index contributed by atoms with van der Waals surface area (Å²) in [7, 11) is 1.28. The number of carbonyl (C=O) groups excluding carboxylic acids is 1. The molecule has 28 heavy (non-hydrogen) atoms. The third-order valence-corrected chi connectivity index (χ3v) is 3.87. The Labute approximate surface area is 157 Å². The molecule has 0 aliphatic heterocycles. The average Bonchev–Trinajstić information content (AvgIpc) is 2.60. The van der Waals surface area contributed by atoms with Gasteiger partial charge in [0.15, 0.2) is 0 Å². The maximum absolute atomic E-state index is 13.1. The minimum Gasteiger partial charge on any atom is -0.351 e. The van der Waals surface area contributed by atoms with Gasteiger partial charge >= 0.3 is 12.4 Å². The van der Waals surface area contributed by atoms with Crippen molar-refractivity contribution in [1.82, 2.24) is 4.90 Å². The summed E-state index contributed by atoms with van der Waals surface area (Å²) in [5.41, 5.74) is -2.64. The summed E-state index contributed by atoms with van der Waals surface area (Å²) in [6, 6.07) is 3.78. The molecule has 0 fully saturated rings. The van der Waals surface area contributed by atoms with E-state index in [4.69, 9.17) is 10.5 Å². The van der Waals surface area contributed by atoms with E-state index >= 15 is 0 Å². The van der Waals surface area contributed by atoms with Crippen LogP contribution in [0.2, 0.25) is 0 Å². The highest BCUT2D eigenvalue weighted by molar-refractivity contribution is 5.85. The van der Waals surface area contributed by atoms with E-state index in [2.05, 4.69) is 0 Å². The number of amides is 1. The van der Waals surface area contributed by atoms with Crippen molar-refractivity contribution in [2.75, 3.05) is 25.0 Å². The molecular formula is C17H16F6N4O. The molecular weight excluding hydrogens is 390 g/mol. The second-order valence-electron chi connectivity index (χ2n) is 5.93. The number of nitrogens with zero attached hydrogens (tertiary/aromatic N) is 4. The summed E-state index contributed by atoms with van der Waals surface area (Å²) in [4.78, 5) is 13.9. The first-order chi connectivity index (χ1) is 12.8. The summed E-state index contributed by atoms with van der Waals surface area (Å²) in [6.45, 7) is -0.585. The highest BCUT2D eigenvalue weighted by atomic mass is 19.4. The topological polar surface area (TPSA) is 71.1 Å². The lowest BCUT2D eigenvalue weighted by Gasteiger charge is -2.33. The van der Waals surface area contributed by atoms with E-state index in [9.17, 15) is 31.1 Å². The number of hydrogen-bond donors (Lipinski definition) is 0. The zero-order valence-corrected chi connectivity index (χ0v) is 14.9. The Hall–Kier alpha value is -2.95. The molecule has 0 spiro atoms. The molecule has 152 valence electrons. The molecule has 0 heterocycles. The lowest BCUT2D eigenvalue weighted by atomic mass is 10.1. The van der Waals surface area contributed by atoms with Gasteiger partial charge in [0.05, 0.1) is 29.7 Å². The van der Waals surface area contributed by atoms with Crippen LogP contribution in [0.3, 0.4) is 0 Å². The number of halogens is 6. The van der Waals surface area contributed by atoms with E-state index < -0.39 is 47.7 Å². The number of hydrogen-bond acceptors (Lipinski definition) is 4. The predicted octanol–water partition coefficient (Wildman–Crippen LogP) is 3.71. The Morgan fingerprint density at radius 1 is 1.18 bits per heavy atom. The number of benzene rings is 1. The van der Waals surface area contributed by atoms with Crippen molar-refractivity contribution in [3.8, 4) is 12.1 Å². The second kappa shape index (κ2) is 8.83. The molecule has 1 aromatic rings. The Balaban J connectivity index is 3.38. The van der Waals surface area contributed by atoms with Gasteiger partial charge in [-0.05, 0) is 25.1 Å². The SMILES string of the molecule is C[C@@H](C(=O)N(C)CCC#N)N(CC(F)(F)F)c1ccc(C#N)c(C(F)(F)F)c1. The molecule has 1 rings (SSSR count).